The number of thiazole rings is 1. The van der Waals surface area contributed by atoms with Crippen LogP contribution >= 0.6 is 11.3 Å². The first-order valence-electron chi connectivity index (χ1n) is 6.35. The number of hydrogen-bond acceptors (Lipinski definition) is 4. The normalized spacial score (nSPS) is 12.6. The molecule has 1 aromatic heterocycles. The highest BCUT2D eigenvalue weighted by Crippen LogP contribution is 2.23. The summed E-state index contributed by atoms with van der Waals surface area (Å²) >= 11 is 1.61. The first kappa shape index (κ1) is 14.9. The van der Waals surface area contributed by atoms with Crippen molar-refractivity contribution in [3.8, 4) is 5.75 Å². The van der Waals surface area contributed by atoms with Gasteiger partial charge in [-0.2, -0.15) is 8.78 Å². The van der Waals surface area contributed by atoms with Crippen molar-refractivity contribution in [3.05, 3.63) is 46.4 Å². The fourth-order valence-electron chi connectivity index (χ4n) is 1.96. The summed E-state index contributed by atoms with van der Waals surface area (Å²) in [6.07, 6.45) is 2.56. The highest BCUT2D eigenvalue weighted by Gasteiger charge is 2.13. The van der Waals surface area contributed by atoms with Crippen molar-refractivity contribution in [2.75, 3.05) is 6.54 Å². The number of nitrogens with zero attached hydrogens (tertiary/aromatic N) is 1. The highest BCUT2D eigenvalue weighted by molar-refractivity contribution is 7.09. The van der Waals surface area contributed by atoms with Crippen molar-refractivity contribution in [2.45, 2.75) is 26.0 Å². The zero-order valence-electron chi connectivity index (χ0n) is 11.1. The lowest BCUT2D eigenvalue weighted by molar-refractivity contribution is -0.0498. The lowest BCUT2D eigenvalue weighted by Crippen LogP contribution is -2.22. The van der Waals surface area contributed by atoms with Gasteiger partial charge in [-0.05, 0) is 24.2 Å². The van der Waals surface area contributed by atoms with Crippen molar-refractivity contribution in [1.29, 1.82) is 0 Å². The van der Waals surface area contributed by atoms with Gasteiger partial charge in [0.1, 0.15) is 5.75 Å². The van der Waals surface area contributed by atoms with Gasteiger partial charge < -0.3 is 10.1 Å². The Morgan fingerprint density at radius 3 is 2.60 bits per heavy atom. The molecule has 0 fully saturated rings. The van der Waals surface area contributed by atoms with Crippen LogP contribution in [-0.4, -0.2) is 18.1 Å². The van der Waals surface area contributed by atoms with E-state index in [1.807, 2.05) is 12.3 Å². The Labute approximate surface area is 120 Å². The molecule has 0 saturated carbocycles. The van der Waals surface area contributed by atoms with E-state index < -0.39 is 6.61 Å². The van der Waals surface area contributed by atoms with Gasteiger partial charge in [-0.3, -0.25) is 0 Å². The van der Waals surface area contributed by atoms with E-state index in [1.54, 1.807) is 41.8 Å². The van der Waals surface area contributed by atoms with Gasteiger partial charge >= 0.3 is 6.61 Å². The summed E-state index contributed by atoms with van der Waals surface area (Å²) in [5.74, 6) is 0.174. The summed E-state index contributed by atoms with van der Waals surface area (Å²) in [5, 5.41) is 6.36. The minimum absolute atomic E-state index is 0.117. The van der Waals surface area contributed by atoms with Gasteiger partial charge in [0.2, 0.25) is 0 Å². The summed E-state index contributed by atoms with van der Waals surface area (Å²) in [7, 11) is 0. The summed E-state index contributed by atoms with van der Waals surface area (Å²) in [6, 6.07) is 6.85. The molecule has 0 aliphatic heterocycles. The Hall–Kier alpha value is -1.53. The van der Waals surface area contributed by atoms with E-state index in [9.17, 15) is 8.78 Å². The third-order valence-corrected chi connectivity index (χ3v) is 3.62. The number of benzene rings is 1. The van der Waals surface area contributed by atoms with E-state index in [0.29, 0.717) is 0 Å². The quantitative estimate of drug-likeness (QED) is 0.847. The monoisotopic (exact) mass is 298 g/mol. The van der Waals surface area contributed by atoms with E-state index >= 15 is 0 Å². The maximum Gasteiger partial charge on any atom is 0.387 e. The summed E-state index contributed by atoms with van der Waals surface area (Å²) < 4.78 is 28.6. The van der Waals surface area contributed by atoms with E-state index in [2.05, 4.69) is 15.0 Å². The third-order valence-electron chi connectivity index (χ3n) is 2.82. The molecule has 0 saturated heterocycles. The molecule has 2 aromatic rings. The number of halogens is 2. The van der Waals surface area contributed by atoms with Crippen LogP contribution in [0.2, 0.25) is 0 Å². The Balaban J connectivity index is 2.08. The molecule has 0 bridgehead atoms. The molecule has 0 spiro atoms. The molecular formula is C14H16F2N2OS. The van der Waals surface area contributed by atoms with Gasteiger partial charge in [0.05, 0.1) is 5.01 Å². The Kier molecular flexibility index (Phi) is 5.43. The fourth-order valence-corrected chi connectivity index (χ4v) is 2.63. The maximum absolute atomic E-state index is 12.1. The average Bonchev–Trinajstić information content (AvgIpc) is 2.91. The van der Waals surface area contributed by atoms with Crippen molar-refractivity contribution < 1.29 is 13.5 Å². The molecule has 1 heterocycles. The summed E-state index contributed by atoms with van der Waals surface area (Å²) in [5.41, 5.74) is 1.03. The van der Waals surface area contributed by atoms with Crippen LogP contribution < -0.4 is 10.1 Å². The molecule has 0 radical (unpaired) electrons. The Morgan fingerprint density at radius 2 is 2.05 bits per heavy atom. The van der Waals surface area contributed by atoms with Crippen molar-refractivity contribution in [1.82, 2.24) is 10.3 Å². The largest absolute Gasteiger partial charge is 0.435 e. The van der Waals surface area contributed by atoms with Crippen LogP contribution in [0, 0.1) is 0 Å². The van der Waals surface area contributed by atoms with Crippen molar-refractivity contribution in [3.63, 3.8) is 0 Å². The zero-order chi connectivity index (χ0) is 14.4. The molecule has 1 atom stereocenters. The zero-order valence-corrected chi connectivity index (χ0v) is 11.9. The van der Waals surface area contributed by atoms with Crippen molar-refractivity contribution in [2.24, 2.45) is 0 Å². The molecule has 20 heavy (non-hydrogen) atoms. The number of aromatic nitrogens is 1. The molecule has 1 N–H and O–H groups in total. The smallest absolute Gasteiger partial charge is 0.387 e. The SMILES string of the molecule is CCNC(Cc1nccs1)c1ccc(OC(F)F)cc1. The Morgan fingerprint density at radius 1 is 1.30 bits per heavy atom. The number of ether oxygens (including phenoxy) is 1. The number of nitrogens with one attached hydrogen (secondary N) is 1. The lowest BCUT2D eigenvalue weighted by atomic mass is 10.0. The number of alkyl halides is 2. The average molecular weight is 298 g/mol. The predicted octanol–water partition coefficient (Wildman–Crippen LogP) is 3.64. The number of likely N-dealkylation sites (N-methyl/N-ethyl adjacent to an activating group) is 1. The topological polar surface area (TPSA) is 34.2 Å². The van der Waals surface area contributed by atoms with E-state index in [4.69, 9.17) is 0 Å². The minimum Gasteiger partial charge on any atom is -0.435 e. The van der Waals surface area contributed by atoms with Gasteiger partial charge in [0, 0.05) is 24.0 Å². The van der Waals surface area contributed by atoms with Crippen LogP contribution in [0.5, 0.6) is 5.75 Å². The van der Waals surface area contributed by atoms with Crippen LogP contribution in [0.1, 0.15) is 23.5 Å². The number of hydrogen-bond donors (Lipinski definition) is 1. The van der Waals surface area contributed by atoms with Crippen molar-refractivity contribution >= 4 is 11.3 Å². The predicted molar refractivity (Wildman–Crippen MR) is 75.3 cm³/mol. The van der Waals surface area contributed by atoms with Crippen LogP contribution in [0.25, 0.3) is 0 Å². The maximum atomic E-state index is 12.1. The highest BCUT2D eigenvalue weighted by atomic mass is 32.1. The standard InChI is InChI=1S/C14H16F2N2OS/c1-2-17-12(9-13-18-7-8-20-13)10-3-5-11(6-4-10)19-14(15)16/h3-8,12,14,17H,2,9H2,1H3. The third kappa shape index (κ3) is 4.25. The molecule has 0 aliphatic rings. The summed E-state index contributed by atoms with van der Waals surface area (Å²) in [4.78, 5) is 4.28. The van der Waals surface area contributed by atoms with E-state index in [0.717, 1.165) is 23.5 Å². The molecule has 2 rings (SSSR count). The second-order valence-electron chi connectivity index (χ2n) is 4.19. The van der Waals surface area contributed by atoms with Gasteiger partial charge in [0.25, 0.3) is 0 Å². The first-order valence-corrected chi connectivity index (χ1v) is 7.23. The van der Waals surface area contributed by atoms with Gasteiger partial charge in [0.15, 0.2) is 0 Å². The molecular weight excluding hydrogens is 282 g/mol. The molecule has 3 nitrogen and oxygen atoms in total. The molecule has 1 aromatic carbocycles. The second-order valence-corrected chi connectivity index (χ2v) is 5.17. The van der Waals surface area contributed by atoms with Gasteiger partial charge in [-0.15, -0.1) is 11.3 Å². The van der Waals surface area contributed by atoms with Crippen LogP contribution in [0.15, 0.2) is 35.8 Å². The molecule has 0 aliphatic carbocycles. The number of rotatable bonds is 7. The van der Waals surface area contributed by atoms with Crippen LogP contribution in [-0.2, 0) is 6.42 Å². The lowest BCUT2D eigenvalue weighted by Gasteiger charge is -2.17. The molecule has 108 valence electrons. The van der Waals surface area contributed by atoms with Crippen LogP contribution in [0.3, 0.4) is 0 Å². The van der Waals surface area contributed by atoms with E-state index in [1.165, 1.54) is 0 Å². The minimum atomic E-state index is -2.79. The second kappa shape index (κ2) is 7.31. The Bertz CT molecular complexity index is 502. The van der Waals surface area contributed by atoms with Crippen LogP contribution in [0.4, 0.5) is 8.78 Å². The van der Waals surface area contributed by atoms with Gasteiger partial charge in [-0.25, -0.2) is 4.98 Å². The van der Waals surface area contributed by atoms with Gasteiger partial charge in [-0.1, -0.05) is 19.1 Å². The molecule has 0 amide bonds. The summed E-state index contributed by atoms with van der Waals surface area (Å²) in [6.45, 7) is 0.0646. The first-order chi connectivity index (χ1) is 9.69. The molecule has 6 heteroatoms. The fraction of sp³-hybridized carbons (Fsp3) is 0.357. The van der Waals surface area contributed by atoms with E-state index in [-0.39, 0.29) is 11.8 Å². The molecule has 1 unspecified atom stereocenters.